The zero-order valence-electron chi connectivity index (χ0n) is 13.0. The summed E-state index contributed by atoms with van der Waals surface area (Å²) in [4.78, 5) is 5.29. The summed E-state index contributed by atoms with van der Waals surface area (Å²) < 4.78 is 0. The Bertz CT molecular complexity index is 238. The van der Waals surface area contributed by atoms with Gasteiger partial charge in [0.2, 0.25) is 0 Å². The summed E-state index contributed by atoms with van der Waals surface area (Å²) in [7, 11) is 0. The first-order chi connectivity index (χ1) is 9.29. The van der Waals surface area contributed by atoms with Crippen molar-refractivity contribution in [3.05, 3.63) is 0 Å². The van der Waals surface area contributed by atoms with Crippen molar-refractivity contribution in [2.45, 2.75) is 64.5 Å². The summed E-state index contributed by atoms with van der Waals surface area (Å²) >= 11 is 0. The summed E-state index contributed by atoms with van der Waals surface area (Å²) in [6.07, 6.45) is 8.18. The number of hydrogen-bond donors (Lipinski definition) is 1. The minimum absolute atomic E-state index is 0.720. The van der Waals surface area contributed by atoms with E-state index in [-0.39, 0.29) is 0 Å². The van der Waals surface area contributed by atoms with Crippen LogP contribution in [0.15, 0.2) is 0 Å². The topological polar surface area (TPSA) is 18.5 Å². The number of likely N-dealkylation sites (tertiary alicyclic amines) is 2. The van der Waals surface area contributed by atoms with E-state index in [0.29, 0.717) is 0 Å². The van der Waals surface area contributed by atoms with Crippen LogP contribution in [-0.2, 0) is 0 Å². The molecule has 2 fully saturated rings. The second kappa shape index (κ2) is 8.23. The molecule has 19 heavy (non-hydrogen) atoms. The fourth-order valence-corrected chi connectivity index (χ4v) is 3.55. The first-order valence-corrected chi connectivity index (χ1v) is 8.49. The van der Waals surface area contributed by atoms with Crippen LogP contribution < -0.4 is 5.32 Å². The summed E-state index contributed by atoms with van der Waals surface area (Å²) in [6.45, 7) is 12.4. The molecule has 0 radical (unpaired) electrons. The van der Waals surface area contributed by atoms with Gasteiger partial charge in [-0.05, 0) is 78.2 Å². The maximum absolute atomic E-state index is 3.83. The summed E-state index contributed by atoms with van der Waals surface area (Å²) in [5.41, 5.74) is 0. The second-order valence-electron chi connectivity index (χ2n) is 6.47. The van der Waals surface area contributed by atoms with Gasteiger partial charge in [0.05, 0.1) is 0 Å². The smallest absolute Gasteiger partial charge is 0.0192 e. The molecule has 0 aromatic heterocycles. The monoisotopic (exact) mass is 267 g/mol. The molecule has 3 nitrogen and oxygen atoms in total. The molecule has 2 heterocycles. The standard InChI is InChI=1S/C16H33N3/c1-3-9-18-10-6-7-16(8-13-18)17-14-15(2)19-11-4-5-12-19/h15-17H,3-14H2,1-2H3. The van der Waals surface area contributed by atoms with Crippen molar-refractivity contribution in [2.75, 3.05) is 39.3 Å². The highest BCUT2D eigenvalue weighted by molar-refractivity contribution is 4.79. The molecule has 2 rings (SSSR count). The second-order valence-corrected chi connectivity index (χ2v) is 6.47. The third-order valence-corrected chi connectivity index (χ3v) is 4.83. The van der Waals surface area contributed by atoms with Gasteiger partial charge in [0.1, 0.15) is 0 Å². The predicted molar refractivity (Wildman–Crippen MR) is 82.6 cm³/mol. The van der Waals surface area contributed by atoms with Gasteiger partial charge in [0.25, 0.3) is 0 Å². The lowest BCUT2D eigenvalue weighted by Crippen LogP contribution is -2.42. The Morgan fingerprint density at radius 2 is 1.84 bits per heavy atom. The van der Waals surface area contributed by atoms with Gasteiger partial charge in [0.15, 0.2) is 0 Å². The molecule has 3 heteroatoms. The van der Waals surface area contributed by atoms with Crippen LogP contribution in [0.4, 0.5) is 0 Å². The van der Waals surface area contributed by atoms with Crippen molar-refractivity contribution in [1.29, 1.82) is 0 Å². The fourth-order valence-electron chi connectivity index (χ4n) is 3.55. The lowest BCUT2D eigenvalue weighted by atomic mass is 10.1. The highest BCUT2D eigenvalue weighted by Crippen LogP contribution is 2.13. The summed E-state index contributed by atoms with van der Waals surface area (Å²) in [5, 5.41) is 3.83. The van der Waals surface area contributed by atoms with Gasteiger partial charge in [-0.2, -0.15) is 0 Å². The zero-order chi connectivity index (χ0) is 13.5. The molecule has 0 amide bonds. The zero-order valence-corrected chi connectivity index (χ0v) is 13.0. The van der Waals surface area contributed by atoms with Crippen LogP contribution in [0.3, 0.4) is 0 Å². The van der Waals surface area contributed by atoms with Crippen LogP contribution >= 0.6 is 0 Å². The van der Waals surface area contributed by atoms with E-state index < -0.39 is 0 Å². The Balaban J connectivity index is 1.65. The maximum Gasteiger partial charge on any atom is 0.0192 e. The predicted octanol–water partition coefficient (Wildman–Crippen LogP) is 2.32. The van der Waals surface area contributed by atoms with E-state index in [0.717, 1.165) is 12.1 Å². The minimum atomic E-state index is 0.720. The molecule has 2 aliphatic heterocycles. The van der Waals surface area contributed by atoms with Gasteiger partial charge in [0, 0.05) is 18.6 Å². The van der Waals surface area contributed by atoms with Crippen LogP contribution in [0.5, 0.6) is 0 Å². The van der Waals surface area contributed by atoms with Crippen LogP contribution in [0.1, 0.15) is 52.4 Å². The molecular formula is C16H33N3. The molecule has 0 saturated carbocycles. The highest BCUT2D eigenvalue weighted by atomic mass is 15.2. The normalized spacial score (nSPS) is 28.4. The van der Waals surface area contributed by atoms with Crippen molar-refractivity contribution in [1.82, 2.24) is 15.1 Å². The molecule has 2 aliphatic rings. The molecule has 2 unspecified atom stereocenters. The molecule has 2 saturated heterocycles. The number of nitrogens with zero attached hydrogens (tertiary/aromatic N) is 2. The Morgan fingerprint density at radius 1 is 1.05 bits per heavy atom. The molecule has 0 spiro atoms. The molecule has 0 aromatic rings. The molecule has 0 bridgehead atoms. The quantitative estimate of drug-likeness (QED) is 0.797. The van der Waals surface area contributed by atoms with Gasteiger partial charge in [-0.1, -0.05) is 6.92 Å². The van der Waals surface area contributed by atoms with Crippen LogP contribution in [0.2, 0.25) is 0 Å². The van der Waals surface area contributed by atoms with E-state index in [2.05, 4.69) is 29.0 Å². The van der Waals surface area contributed by atoms with Crippen molar-refractivity contribution in [3.8, 4) is 0 Å². The largest absolute Gasteiger partial charge is 0.312 e. The SMILES string of the molecule is CCCN1CCCC(NCC(C)N2CCCC2)CC1. The van der Waals surface area contributed by atoms with Gasteiger partial charge >= 0.3 is 0 Å². The van der Waals surface area contributed by atoms with Crippen molar-refractivity contribution in [2.24, 2.45) is 0 Å². The average molecular weight is 267 g/mol. The molecule has 0 aromatic carbocycles. The minimum Gasteiger partial charge on any atom is -0.312 e. The van der Waals surface area contributed by atoms with E-state index >= 15 is 0 Å². The van der Waals surface area contributed by atoms with Crippen molar-refractivity contribution >= 4 is 0 Å². The first-order valence-electron chi connectivity index (χ1n) is 8.49. The van der Waals surface area contributed by atoms with Gasteiger partial charge in [-0.25, -0.2) is 0 Å². The Hall–Kier alpha value is -0.120. The summed E-state index contributed by atoms with van der Waals surface area (Å²) in [6, 6.07) is 1.48. The first kappa shape index (κ1) is 15.3. The van der Waals surface area contributed by atoms with E-state index in [1.807, 2.05) is 0 Å². The Kier molecular flexibility index (Phi) is 6.62. The number of hydrogen-bond acceptors (Lipinski definition) is 3. The molecule has 112 valence electrons. The Labute approximate surface area is 119 Å². The third-order valence-electron chi connectivity index (χ3n) is 4.83. The average Bonchev–Trinajstić information content (AvgIpc) is 2.86. The van der Waals surface area contributed by atoms with Crippen molar-refractivity contribution < 1.29 is 0 Å². The van der Waals surface area contributed by atoms with E-state index in [4.69, 9.17) is 0 Å². The van der Waals surface area contributed by atoms with Crippen LogP contribution in [0, 0.1) is 0 Å². The van der Waals surface area contributed by atoms with Gasteiger partial charge < -0.3 is 10.2 Å². The Morgan fingerprint density at radius 3 is 2.58 bits per heavy atom. The molecule has 2 atom stereocenters. The maximum atomic E-state index is 3.83. The van der Waals surface area contributed by atoms with Crippen LogP contribution in [-0.4, -0.2) is 61.2 Å². The van der Waals surface area contributed by atoms with E-state index in [1.165, 1.54) is 77.8 Å². The highest BCUT2D eigenvalue weighted by Gasteiger charge is 2.20. The van der Waals surface area contributed by atoms with E-state index in [1.54, 1.807) is 0 Å². The molecule has 1 N–H and O–H groups in total. The van der Waals surface area contributed by atoms with Crippen molar-refractivity contribution in [3.63, 3.8) is 0 Å². The lowest BCUT2D eigenvalue weighted by Gasteiger charge is -2.26. The fraction of sp³-hybridized carbons (Fsp3) is 1.00. The van der Waals surface area contributed by atoms with Gasteiger partial charge in [-0.3, -0.25) is 4.90 Å². The van der Waals surface area contributed by atoms with E-state index in [9.17, 15) is 0 Å². The summed E-state index contributed by atoms with van der Waals surface area (Å²) in [5.74, 6) is 0. The molecular weight excluding hydrogens is 234 g/mol. The molecule has 0 aliphatic carbocycles. The number of rotatable bonds is 6. The van der Waals surface area contributed by atoms with Crippen LogP contribution in [0.25, 0.3) is 0 Å². The lowest BCUT2D eigenvalue weighted by molar-refractivity contribution is 0.241. The third kappa shape index (κ3) is 5.05. The number of nitrogens with one attached hydrogen (secondary N) is 1. The van der Waals surface area contributed by atoms with Gasteiger partial charge in [-0.15, -0.1) is 0 Å².